The lowest BCUT2D eigenvalue weighted by molar-refractivity contribution is -0.122. The van der Waals surface area contributed by atoms with E-state index in [0.29, 0.717) is 6.42 Å². The van der Waals surface area contributed by atoms with E-state index < -0.39 is 5.41 Å². The van der Waals surface area contributed by atoms with Crippen molar-refractivity contribution in [3.05, 3.63) is 77.9 Å². The maximum atomic E-state index is 13.0. The molecule has 2 heterocycles. The lowest BCUT2D eigenvalue weighted by Gasteiger charge is -2.23. The van der Waals surface area contributed by atoms with Gasteiger partial charge in [0.25, 0.3) is 0 Å². The molecule has 0 N–H and O–H groups in total. The lowest BCUT2D eigenvalue weighted by Crippen LogP contribution is -2.37. The highest BCUT2D eigenvalue weighted by Gasteiger charge is 2.45. The minimum atomic E-state index is -0.543. The number of carbonyl (C=O) groups is 1. The van der Waals surface area contributed by atoms with Crippen molar-refractivity contribution in [2.24, 2.45) is 0 Å². The van der Waals surface area contributed by atoms with Crippen LogP contribution in [-0.2, 0) is 16.6 Å². The Morgan fingerprint density at radius 2 is 1.65 bits per heavy atom. The number of hydrogen-bond donors (Lipinski definition) is 0. The first-order valence-corrected chi connectivity index (χ1v) is 8.86. The molecule has 3 aromatic carbocycles. The minimum absolute atomic E-state index is 0.149. The third-order valence-electron chi connectivity index (χ3n) is 5.64. The Balaban J connectivity index is 1.63. The molecule has 5 rings (SSSR count). The van der Waals surface area contributed by atoms with Crippen LogP contribution in [0.25, 0.3) is 21.9 Å². The Morgan fingerprint density at radius 1 is 0.923 bits per heavy atom. The second kappa shape index (κ2) is 5.21. The van der Waals surface area contributed by atoms with Gasteiger partial charge in [0.05, 0.1) is 5.41 Å². The molecule has 0 fully saturated rings. The third-order valence-corrected chi connectivity index (χ3v) is 5.64. The summed E-state index contributed by atoms with van der Waals surface area (Å²) in [7, 11) is 1.86. The van der Waals surface area contributed by atoms with E-state index in [9.17, 15) is 4.79 Å². The van der Waals surface area contributed by atoms with Crippen molar-refractivity contribution in [2.75, 3.05) is 11.9 Å². The molecule has 1 aliphatic rings. The number of hydrogen-bond acceptors (Lipinski definition) is 2. The van der Waals surface area contributed by atoms with Crippen molar-refractivity contribution in [3.63, 3.8) is 0 Å². The minimum Gasteiger partial charge on any atom is -0.456 e. The quantitative estimate of drug-likeness (QED) is 0.510. The summed E-state index contributed by atoms with van der Waals surface area (Å²) >= 11 is 0. The molecule has 0 radical (unpaired) electrons. The standard InChI is InChI=1S/C23H19NO2/c1-23(18-8-4-5-9-19(18)24(2)22(23)25)14-15-11-12-21-17(13-15)16-7-3-6-10-20(16)26-21/h3-13H,14H2,1-2H3/t23-/m1/s1. The first kappa shape index (κ1) is 15.2. The van der Waals surface area contributed by atoms with E-state index in [4.69, 9.17) is 4.42 Å². The van der Waals surface area contributed by atoms with Gasteiger partial charge in [-0.15, -0.1) is 0 Å². The van der Waals surface area contributed by atoms with Crippen LogP contribution in [0.5, 0.6) is 0 Å². The number of nitrogens with zero attached hydrogens (tertiary/aromatic N) is 1. The molecule has 4 aromatic rings. The third kappa shape index (κ3) is 1.97. The highest BCUT2D eigenvalue weighted by molar-refractivity contribution is 6.08. The first-order valence-electron chi connectivity index (χ1n) is 8.86. The molecule has 0 unspecified atom stereocenters. The van der Waals surface area contributed by atoms with Gasteiger partial charge >= 0.3 is 0 Å². The SMILES string of the molecule is CN1C(=O)[C@](C)(Cc2ccc3oc4ccccc4c3c2)c2ccccc21. The summed E-state index contributed by atoms with van der Waals surface area (Å²) in [4.78, 5) is 14.8. The summed E-state index contributed by atoms with van der Waals surface area (Å²) in [5.41, 5.74) is 4.49. The monoisotopic (exact) mass is 341 g/mol. The average Bonchev–Trinajstić information content (AvgIpc) is 3.12. The summed E-state index contributed by atoms with van der Waals surface area (Å²) in [5.74, 6) is 0.149. The van der Waals surface area contributed by atoms with E-state index in [1.54, 1.807) is 4.90 Å². The Bertz CT molecular complexity index is 1170. The van der Waals surface area contributed by atoms with Gasteiger partial charge in [-0.05, 0) is 48.7 Å². The van der Waals surface area contributed by atoms with E-state index >= 15 is 0 Å². The van der Waals surface area contributed by atoms with Crippen LogP contribution in [0.2, 0.25) is 0 Å². The van der Waals surface area contributed by atoms with Crippen LogP contribution in [0.1, 0.15) is 18.1 Å². The molecule has 1 aromatic heterocycles. The zero-order chi connectivity index (χ0) is 17.9. The number of carbonyl (C=O) groups excluding carboxylic acids is 1. The van der Waals surface area contributed by atoms with Gasteiger partial charge in [-0.3, -0.25) is 4.79 Å². The molecule has 3 heteroatoms. The number of fused-ring (bicyclic) bond motifs is 4. The van der Waals surface area contributed by atoms with Crippen LogP contribution in [0.3, 0.4) is 0 Å². The van der Waals surface area contributed by atoms with E-state index in [1.165, 1.54) is 0 Å². The highest BCUT2D eigenvalue weighted by Crippen LogP contribution is 2.43. The fraction of sp³-hybridized carbons (Fsp3) is 0.174. The normalized spacial score (nSPS) is 19.5. The Kier molecular flexibility index (Phi) is 3.05. The van der Waals surface area contributed by atoms with Crippen molar-refractivity contribution in [3.8, 4) is 0 Å². The van der Waals surface area contributed by atoms with Gasteiger partial charge in [-0.1, -0.05) is 42.5 Å². The Labute approximate surface area is 151 Å². The number of furan rings is 1. The zero-order valence-electron chi connectivity index (χ0n) is 14.8. The number of anilines is 1. The number of benzene rings is 3. The number of likely N-dealkylation sites (N-methyl/N-ethyl adjacent to an activating group) is 1. The second-order valence-corrected chi connectivity index (χ2v) is 7.32. The van der Waals surface area contributed by atoms with E-state index in [-0.39, 0.29) is 5.91 Å². The van der Waals surface area contributed by atoms with Gasteiger partial charge in [0.15, 0.2) is 0 Å². The lowest BCUT2D eigenvalue weighted by atomic mass is 9.78. The van der Waals surface area contributed by atoms with Gasteiger partial charge in [0, 0.05) is 23.5 Å². The summed E-state index contributed by atoms with van der Waals surface area (Å²) in [6.45, 7) is 2.05. The van der Waals surface area contributed by atoms with Crippen LogP contribution in [0, 0.1) is 0 Å². The molecule has 1 atom stereocenters. The Morgan fingerprint density at radius 3 is 2.54 bits per heavy atom. The van der Waals surface area contributed by atoms with Crippen LogP contribution in [-0.4, -0.2) is 13.0 Å². The number of amides is 1. The highest BCUT2D eigenvalue weighted by atomic mass is 16.3. The molecule has 26 heavy (non-hydrogen) atoms. The van der Waals surface area contributed by atoms with Crippen molar-refractivity contribution in [2.45, 2.75) is 18.8 Å². The predicted octanol–water partition coefficient (Wildman–Crippen LogP) is 5.06. The van der Waals surface area contributed by atoms with E-state index in [1.807, 2.05) is 49.5 Å². The topological polar surface area (TPSA) is 33.5 Å². The summed E-state index contributed by atoms with van der Waals surface area (Å²) in [6, 6.07) is 22.4. The molecular formula is C23H19NO2. The van der Waals surface area contributed by atoms with E-state index in [2.05, 4.69) is 31.2 Å². The van der Waals surface area contributed by atoms with Crippen molar-refractivity contribution < 1.29 is 9.21 Å². The largest absolute Gasteiger partial charge is 0.456 e. The number of para-hydroxylation sites is 2. The predicted molar refractivity (Wildman–Crippen MR) is 105 cm³/mol. The molecule has 0 saturated heterocycles. The fourth-order valence-corrected chi connectivity index (χ4v) is 4.29. The van der Waals surface area contributed by atoms with Gasteiger partial charge in [0.2, 0.25) is 5.91 Å². The van der Waals surface area contributed by atoms with Crippen LogP contribution >= 0.6 is 0 Å². The molecule has 0 bridgehead atoms. The van der Waals surface area contributed by atoms with Gasteiger partial charge in [0.1, 0.15) is 11.2 Å². The van der Waals surface area contributed by atoms with Crippen molar-refractivity contribution in [1.82, 2.24) is 0 Å². The molecular weight excluding hydrogens is 322 g/mol. The maximum absolute atomic E-state index is 13.0. The van der Waals surface area contributed by atoms with Crippen LogP contribution in [0.15, 0.2) is 71.1 Å². The molecule has 128 valence electrons. The molecule has 0 spiro atoms. The summed E-state index contributed by atoms with van der Waals surface area (Å²) in [6.07, 6.45) is 0.669. The van der Waals surface area contributed by atoms with Crippen LogP contribution in [0.4, 0.5) is 5.69 Å². The molecule has 1 aliphatic heterocycles. The van der Waals surface area contributed by atoms with Crippen molar-refractivity contribution in [1.29, 1.82) is 0 Å². The molecule has 0 aliphatic carbocycles. The second-order valence-electron chi connectivity index (χ2n) is 7.32. The first-order chi connectivity index (χ1) is 12.6. The molecule has 0 saturated carbocycles. The summed E-state index contributed by atoms with van der Waals surface area (Å²) < 4.78 is 5.92. The van der Waals surface area contributed by atoms with Gasteiger partial charge in [-0.25, -0.2) is 0 Å². The fourth-order valence-electron chi connectivity index (χ4n) is 4.29. The zero-order valence-corrected chi connectivity index (χ0v) is 14.8. The smallest absolute Gasteiger partial charge is 0.237 e. The summed E-state index contributed by atoms with van der Waals surface area (Å²) in [5, 5.41) is 2.22. The van der Waals surface area contributed by atoms with Crippen LogP contribution < -0.4 is 4.90 Å². The maximum Gasteiger partial charge on any atom is 0.237 e. The Hall–Kier alpha value is -3.07. The molecule has 1 amide bonds. The number of rotatable bonds is 2. The average molecular weight is 341 g/mol. The van der Waals surface area contributed by atoms with E-state index in [0.717, 1.165) is 38.8 Å². The van der Waals surface area contributed by atoms with Gasteiger partial charge in [-0.2, -0.15) is 0 Å². The van der Waals surface area contributed by atoms with Gasteiger partial charge < -0.3 is 9.32 Å². The molecule has 3 nitrogen and oxygen atoms in total. The van der Waals surface area contributed by atoms with Crippen molar-refractivity contribution >= 4 is 33.5 Å².